The quantitative estimate of drug-likeness (QED) is 0.434. The molecule has 1 atom stereocenters. The number of benzene rings is 2. The Morgan fingerprint density at radius 1 is 0.885 bits per heavy atom. The molecule has 0 amide bonds. The van der Waals surface area contributed by atoms with Gasteiger partial charge in [0.05, 0.1) is 0 Å². The summed E-state index contributed by atoms with van der Waals surface area (Å²) in [6, 6.07) is 10.2. The third-order valence-electron chi connectivity index (χ3n) is 4.82. The summed E-state index contributed by atoms with van der Waals surface area (Å²) < 4.78 is 0. The van der Waals surface area contributed by atoms with Crippen LogP contribution in [0.1, 0.15) is 68.8 Å². The molecule has 0 aliphatic heterocycles. The van der Waals surface area contributed by atoms with Crippen LogP contribution < -0.4 is 0 Å². The van der Waals surface area contributed by atoms with Crippen molar-refractivity contribution in [2.24, 2.45) is 0 Å². The fraction of sp³-hybridized carbons (Fsp3) is 0.391. The average Bonchev–Trinajstić information content (AvgIpc) is 2.59. The number of aryl methyl sites for hydroxylation is 5. The molecule has 2 rings (SSSR count). The van der Waals surface area contributed by atoms with Crippen molar-refractivity contribution in [3.05, 3.63) is 69.3 Å². The molecule has 0 aromatic heterocycles. The standard InChI is InChI=1S/C23H29O2P/c1-6-18-9-8-10-19(7-2)22(18)20(24)11-12-26-23(25)21-16(4)13-15(3)14-17(21)5/h8-10,13-14,26H,6-7,11-12H2,1-5H3. The maximum absolute atomic E-state index is 12.8. The van der Waals surface area contributed by atoms with E-state index < -0.39 is 0 Å². The van der Waals surface area contributed by atoms with Gasteiger partial charge in [-0.2, -0.15) is 0 Å². The van der Waals surface area contributed by atoms with E-state index in [2.05, 4.69) is 26.0 Å². The average molecular weight is 368 g/mol. The first-order valence-electron chi connectivity index (χ1n) is 9.39. The minimum Gasteiger partial charge on any atom is -0.294 e. The zero-order valence-electron chi connectivity index (χ0n) is 16.5. The van der Waals surface area contributed by atoms with E-state index in [1.807, 2.05) is 39.0 Å². The van der Waals surface area contributed by atoms with Crippen molar-refractivity contribution in [2.75, 3.05) is 6.16 Å². The molecule has 0 N–H and O–H groups in total. The van der Waals surface area contributed by atoms with Crippen LogP contribution >= 0.6 is 8.58 Å². The van der Waals surface area contributed by atoms with Gasteiger partial charge in [-0.3, -0.25) is 9.59 Å². The Hall–Kier alpha value is -1.79. The van der Waals surface area contributed by atoms with E-state index in [9.17, 15) is 9.59 Å². The lowest BCUT2D eigenvalue weighted by Gasteiger charge is -2.13. The number of Topliss-reactive ketones (excluding diaryl/α,β-unsaturated/α-hetero) is 1. The third-order valence-corrected chi connectivity index (χ3v) is 5.89. The highest BCUT2D eigenvalue weighted by molar-refractivity contribution is 7.58. The van der Waals surface area contributed by atoms with Gasteiger partial charge in [0.25, 0.3) is 0 Å². The van der Waals surface area contributed by atoms with Crippen molar-refractivity contribution < 1.29 is 9.59 Å². The first-order valence-corrected chi connectivity index (χ1v) is 10.6. The van der Waals surface area contributed by atoms with Gasteiger partial charge in [-0.15, -0.1) is 0 Å². The van der Waals surface area contributed by atoms with Crippen LogP contribution in [0.15, 0.2) is 30.3 Å². The molecule has 26 heavy (non-hydrogen) atoms. The minimum absolute atomic E-state index is 0.146. The Morgan fingerprint density at radius 3 is 1.92 bits per heavy atom. The highest BCUT2D eigenvalue weighted by atomic mass is 31.1. The van der Waals surface area contributed by atoms with Crippen LogP contribution in [0.3, 0.4) is 0 Å². The molecule has 0 radical (unpaired) electrons. The molecular weight excluding hydrogens is 339 g/mol. The van der Waals surface area contributed by atoms with Crippen LogP contribution in [0.2, 0.25) is 0 Å². The van der Waals surface area contributed by atoms with Crippen LogP contribution in [0.4, 0.5) is 0 Å². The van der Waals surface area contributed by atoms with Crippen molar-refractivity contribution in [1.82, 2.24) is 0 Å². The van der Waals surface area contributed by atoms with Crippen LogP contribution in [-0.2, 0) is 12.8 Å². The second-order valence-corrected chi connectivity index (χ2v) is 8.17. The lowest BCUT2D eigenvalue weighted by molar-refractivity contribution is 0.0987. The van der Waals surface area contributed by atoms with Gasteiger partial charge >= 0.3 is 0 Å². The molecule has 3 heteroatoms. The van der Waals surface area contributed by atoms with Crippen molar-refractivity contribution in [2.45, 2.75) is 53.9 Å². The van der Waals surface area contributed by atoms with Crippen LogP contribution in [0.25, 0.3) is 0 Å². The molecule has 2 aromatic carbocycles. The monoisotopic (exact) mass is 368 g/mol. The molecule has 0 heterocycles. The highest BCUT2D eigenvalue weighted by Gasteiger charge is 2.17. The summed E-state index contributed by atoms with van der Waals surface area (Å²) in [7, 11) is 0.146. The Labute approximate surface area is 159 Å². The predicted molar refractivity (Wildman–Crippen MR) is 112 cm³/mol. The van der Waals surface area contributed by atoms with Crippen LogP contribution in [-0.4, -0.2) is 17.5 Å². The molecule has 138 valence electrons. The third kappa shape index (κ3) is 4.68. The first-order chi connectivity index (χ1) is 12.4. The van der Waals surface area contributed by atoms with E-state index in [4.69, 9.17) is 0 Å². The minimum atomic E-state index is 0.146. The molecule has 0 saturated carbocycles. The summed E-state index contributed by atoms with van der Waals surface area (Å²) in [4.78, 5) is 25.5. The number of carbonyl (C=O) groups excluding carboxylic acids is 2. The maximum Gasteiger partial charge on any atom is 0.181 e. The Bertz CT molecular complexity index is 776. The van der Waals surface area contributed by atoms with Gasteiger partial charge in [-0.25, -0.2) is 0 Å². The second kappa shape index (κ2) is 9.24. The summed E-state index contributed by atoms with van der Waals surface area (Å²) in [5, 5.41) is 0. The lowest BCUT2D eigenvalue weighted by atomic mass is 9.93. The van der Waals surface area contributed by atoms with Crippen molar-refractivity contribution in [3.63, 3.8) is 0 Å². The number of rotatable bonds is 8. The molecule has 0 fully saturated rings. The Balaban J connectivity index is 2.07. The molecule has 0 aliphatic carbocycles. The normalized spacial score (nSPS) is 11.3. The summed E-state index contributed by atoms with van der Waals surface area (Å²) in [6.07, 6.45) is 2.79. The number of carbonyl (C=O) groups is 2. The fourth-order valence-corrected chi connectivity index (χ4v) is 4.79. The van der Waals surface area contributed by atoms with Crippen molar-refractivity contribution in [3.8, 4) is 0 Å². The lowest BCUT2D eigenvalue weighted by Crippen LogP contribution is -2.09. The molecule has 0 aliphatic rings. The predicted octanol–water partition coefficient (Wildman–Crippen LogP) is 5.83. The molecular formula is C23H29O2P. The zero-order chi connectivity index (χ0) is 19.3. The number of hydrogen-bond donors (Lipinski definition) is 0. The highest BCUT2D eigenvalue weighted by Crippen LogP contribution is 2.27. The Kier molecular flexibility index (Phi) is 7.29. The number of hydrogen-bond acceptors (Lipinski definition) is 2. The smallest absolute Gasteiger partial charge is 0.181 e. The first kappa shape index (κ1) is 20.5. The van der Waals surface area contributed by atoms with E-state index in [-0.39, 0.29) is 19.9 Å². The van der Waals surface area contributed by atoms with E-state index >= 15 is 0 Å². The largest absolute Gasteiger partial charge is 0.294 e. The van der Waals surface area contributed by atoms with Gasteiger partial charge in [0.2, 0.25) is 0 Å². The molecule has 0 bridgehead atoms. The molecule has 2 aromatic rings. The molecule has 2 nitrogen and oxygen atoms in total. The molecule has 1 unspecified atom stereocenters. The topological polar surface area (TPSA) is 34.1 Å². The van der Waals surface area contributed by atoms with E-state index in [1.54, 1.807) is 0 Å². The van der Waals surface area contributed by atoms with Gasteiger partial charge < -0.3 is 0 Å². The van der Waals surface area contributed by atoms with Gasteiger partial charge in [0.15, 0.2) is 11.3 Å². The summed E-state index contributed by atoms with van der Waals surface area (Å²) in [5.41, 5.74) is 7.39. The summed E-state index contributed by atoms with van der Waals surface area (Å²) in [5.74, 6) is 0.178. The summed E-state index contributed by atoms with van der Waals surface area (Å²) >= 11 is 0. The SMILES string of the molecule is CCc1cccc(CC)c1C(=O)CCPC(=O)c1c(C)cc(C)cc1C. The van der Waals surface area contributed by atoms with E-state index in [1.165, 1.54) is 5.56 Å². The fourth-order valence-electron chi connectivity index (χ4n) is 3.64. The van der Waals surface area contributed by atoms with Gasteiger partial charge in [-0.1, -0.05) is 49.7 Å². The molecule has 0 spiro atoms. The number of ketones is 1. The van der Waals surface area contributed by atoms with Crippen LogP contribution in [0, 0.1) is 20.8 Å². The molecule has 0 saturated heterocycles. The Morgan fingerprint density at radius 2 is 1.42 bits per heavy atom. The van der Waals surface area contributed by atoms with Gasteiger partial charge in [0, 0.05) is 17.5 Å². The van der Waals surface area contributed by atoms with Gasteiger partial charge in [0.1, 0.15) is 0 Å². The van der Waals surface area contributed by atoms with Crippen molar-refractivity contribution >= 4 is 19.9 Å². The van der Waals surface area contributed by atoms with E-state index in [0.29, 0.717) is 12.6 Å². The summed E-state index contributed by atoms with van der Waals surface area (Å²) in [6.45, 7) is 10.2. The van der Waals surface area contributed by atoms with Crippen LogP contribution in [0.5, 0.6) is 0 Å². The van der Waals surface area contributed by atoms with E-state index in [0.717, 1.165) is 46.2 Å². The van der Waals surface area contributed by atoms with Gasteiger partial charge in [-0.05, 0) is 70.6 Å². The van der Waals surface area contributed by atoms with Crippen molar-refractivity contribution in [1.29, 1.82) is 0 Å². The second-order valence-electron chi connectivity index (χ2n) is 6.86. The maximum atomic E-state index is 12.8. The zero-order valence-corrected chi connectivity index (χ0v) is 17.5.